The predicted octanol–water partition coefficient (Wildman–Crippen LogP) is 3.96. The Morgan fingerprint density at radius 3 is 2.52 bits per heavy atom. The molecular weight excluding hydrogens is 427 g/mol. The lowest BCUT2D eigenvalue weighted by molar-refractivity contribution is 0.0766. The van der Waals surface area contributed by atoms with Gasteiger partial charge in [-0.1, -0.05) is 12.1 Å². The summed E-state index contributed by atoms with van der Waals surface area (Å²) in [5, 5.41) is 0. The third-order valence-corrected chi connectivity index (χ3v) is 6.07. The summed E-state index contributed by atoms with van der Waals surface area (Å²) in [4.78, 5) is 17.3. The van der Waals surface area contributed by atoms with Crippen LogP contribution in [0.1, 0.15) is 22.3 Å². The molecule has 4 nitrogen and oxygen atoms in total. The molecule has 0 spiro atoms. The first-order chi connectivity index (χ1) is 12.1. The third-order valence-electron chi connectivity index (χ3n) is 4.64. The summed E-state index contributed by atoms with van der Waals surface area (Å²) in [5.41, 5.74) is 3.15. The second-order valence-corrected chi connectivity index (χ2v) is 7.35. The van der Waals surface area contributed by atoms with Crippen molar-refractivity contribution in [2.45, 2.75) is 13.3 Å². The number of methoxy groups -OCH3 is 1. The van der Waals surface area contributed by atoms with Crippen molar-refractivity contribution >= 4 is 34.2 Å². The molecule has 2 aromatic carbocycles. The van der Waals surface area contributed by atoms with Crippen molar-refractivity contribution in [3.8, 4) is 5.75 Å². The number of rotatable bonds is 3. The maximum absolute atomic E-state index is 12.9. The van der Waals surface area contributed by atoms with Crippen LogP contribution in [0.3, 0.4) is 0 Å². The van der Waals surface area contributed by atoms with E-state index in [0.29, 0.717) is 0 Å². The van der Waals surface area contributed by atoms with Crippen LogP contribution < -0.4 is 9.64 Å². The zero-order valence-corrected chi connectivity index (χ0v) is 16.8. The van der Waals surface area contributed by atoms with Crippen molar-refractivity contribution in [2.24, 2.45) is 0 Å². The first kappa shape index (κ1) is 18.0. The number of benzene rings is 2. The molecule has 0 aromatic heterocycles. The van der Waals surface area contributed by atoms with Crippen molar-refractivity contribution in [1.29, 1.82) is 0 Å². The van der Waals surface area contributed by atoms with Gasteiger partial charge in [0, 0.05) is 35.4 Å². The van der Waals surface area contributed by atoms with Crippen LogP contribution >= 0.6 is 22.6 Å². The first-order valence-corrected chi connectivity index (χ1v) is 9.61. The Hall–Kier alpha value is -1.76. The summed E-state index contributed by atoms with van der Waals surface area (Å²) in [5.74, 6) is 1.01. The van der Waals surface area contributed by atoms with Crippen molar-refractivity contribution in [1.82, 2.24) is 4.90 Å². The van der Waals surface area contributed by atoms with E-state index >= 15 is 0 Å². The van der Waals surface area contributed by atoms with Gasteiger partial charge in [-0.15, -0.1) is 0 Å². The van der Waals surface area contributed by atoms with E-state index in [0.717, 1.165) is 53.0 Å². The Morgan fingerprint density at radius 2 is 1.80 bits per heavy atom. The number of halogens is 1. The highest BCUT2D eigenvalue weighted by Crippen LogP contribution is 2.22. The van der Waals surface area contributed by atoms with E-state index in [4.69, 9.17) is 4.74 Å². The van der Waals surface area contributed by atoms with Crippen LogP contribution in [0.4, 0.5) is 5.69 Å². The highest BCUT2D eigenvalue weighted by atomic mass is 127. The number of amides is 1. The summed E-state index contributed by atoms with van der Waals surface area (Å²) in [6.07, 6.45) is 0.972. The van der Waals surface area contributed by atoms with E-state index in [1.54, 1.807) is 7.11 Å². The average molecular weight is 450 g/mol. The van der Waals surface area contributed by atoms with Gasteiger partial charge in [0.2, 0.25) is 0 Å². The smallest absolute Gasteiger partial charge is 0.254 e. The quantitative estimate of drug-likeness (QED) is 0.664. The molecule has 0 radical (unpaired) electrons. The van der Waals surface area contributed by atoms with Crippen LogP contribution in [0.2, 0.25) is 0 Å². The molecule has 0 saturated carbocycles. The number of nitrogens with zero attached hydrogens (tertiary/aromatic N) is 2. The van der Waals surface area contributed by atoms with Gasteiger partial charge in [-0.25, -0.2) is 0 Å². The molecule has 1 amide bonds. The molecule has 1 fully saturated rings. The second-order valence-electron chi connectivity index (χ2n) is 6.27. The van der Waals surface area contributed by atoms with Gasteiger partial charge in [0.05, 0.1) is 12.7 Å². The monoisotopic (exact) mass is 450 g/mol. The SMILES string of the molecule is COc1ccc(N2CCCN(C(=O)c3cccc(C)c3I)CC2)cc1. The number of carbonyl (C=O) groups excluding carboxylic acids is 1. The van der Waals surface area contributed by atoms with Gasteiger partial charge in [-0.2, -0.15) is 0 Å². The molecule has 0 aliphatic carbocycles. The van der Waals surface area contributed by atoms with Crippen LogP contribution in [0.15, 0.2) is 42.5 Å². The zero-order valence-electron chi connectivity index (χ0n) is 14.7. The molecule has 1 heterocycles. The van der Waals surface area contributed by atoms with Gasteiger partial charge < -0.3 is 14.5 Å². The standard InChI is InChI=1S/C20H23IN2O2/c1-15-5-3-6-18(19(15)21)20(24)23-12-4-11-22(13-14-23)16-7-9-17(25-2)10-8-16/h3,5-10H,4,11-14H2,1-2H3. The summed E-state index contributed by atoms with van der Waals surface area (Å²) < 4.78 is 6.28. The minimum absolute atomic E-state index is 0.143. The minimum atomic E-state index is 0.143. The lowest BCUT2D eigenvalue weighted by Gasteiger charge is -2.24. The molecule has 1 aliphatic heterocycles. The summed E-state index contributed by atoms with van der Waals surface area (Å²) in [6, 6.07) is 14.1. The number of ether oxygens (including phenoxy) is 1. The summed E-state index contributed by atoms with van der Waals surface area (Å²) >= 11 is 2.28. The van der Waals surface area contributed by atoms with E-state index in [1.807, 2.05) is 42.2 Å². The number of carbonyl (C=O) groups is 1. The lowest BCUT2D eigenvalue weighted by atomic mass is 10.1. The highest BCUT2D eigenvalue weighted by Gasteiger charge is 2.22. The van der Waals surface area contributed by atoms with E-state index in [2.05, 4.69) is 39.6 Å². The lowest BCUT2D eigenvalue weighted by Crippen LogP contribution is -2.35. The highest BCUT2D eigenvalue weighted by molar-refractivity contribution is 14.1. The molecule has 0 atom stereocenters. The Morgan fingerprint density at radius 1 is 1.04 bits per heavy atom. The molecule has 2 aromatic rings. The van der Waals surface area contributed by atoms with Gasteiger partial charge in [-0.05, 0) is 71.8 Å². The van der Waals surface area contributed by atoms with Crippen molar-refractivity contribution in [2.75, 3.05) is 38.2 Å². The van der Waals surface area contributed by atoms with E-state index in [1.165, 1.54) is 5.69 Å². The van der Waals surface area contributed by atoms with E-state index < -0.39 is 0 Å². The Labute approximate surface area is 162 Å². The summed E-state index contributed by atoms with van der Waals surface area (Å²) in [6.45, 7) is 5.40. The molecule has 3 rings (SSSR count). The van der Waals surface area contributed by atoms with E-state index in [9.17, 15) is 4.79 Å². The fourth-order valence-corrected chi connectivity index (χ4v) is 3.75. The fourth-order valence-electron chi connectivity index (χ4n) is 3.15. The minimum Gasteiger partial charge on any atom is -0.497 e. The number of anilines is 1. The van der Waals surface area contributed by atoms with Gasteiger partial charge in [0.25, 0.3) is 5.91 Å². The summed E-state index contributed by atoms with van der Waals surface area (Å²) in [7, 11) is 1.68. The molecule has 5 heteroatoms. The first-order valence-electron chi connectivity index (χ1n) is 8.53. The van der Waals surface area contributed by atoms with Crippen molar-refractivity contribution in [3.05, 3.63) is 57.2 Å². The van der Waals surface area contributed by atoms with Crippen LogP contribution in [0, 0.1) is 10.5 Å². The molecule has 0 unspecified atom stereocenters. The molecule has 132 valence electrons. The molecule has 1 saturated heterocycles. The third kappa shape index (κ3) is 4.08. The number of hydrogen-bond donors (Lipinski definition) is 0. The Balaban J connectivity index is 1.70. The van der Waals surface area contributed by atoms with E-state index in [-0.39, 0.29) is 5.91 Å². The number of hydrogen-bond acceptors (Lipinski definition) is 3. The van der Waals surface area contributed by atoms with Crippen molar-refractivity contribution in [3.63, 3.8) is 0 Å². The topological polar surface area (TPSA) is 32.8 Å². The predicted molar refractivity (Wildman–Crippen MR) is 110 cm³/mol. The number of aryl methyl sites for hydroxylation is 1. The Kier molecular flexibility index (Phi) is 5.83. The molecule has 0 N–H and O–H groups in total. The Bertz CT molecular complexity index is 746. The molecule has 25 heavy (non-hydrogen) atoms. The average Bonchev–Trinajstić information content (AvgIpc) is 2.90. The van der Waals surface area contributed by atoms with Crippen LogP contribution in [-0.2, 0) is 0 Å². The fraction of sp³-hybridized carbons (Fsp3) is 0.350. The van der Waals surface area contributed by atoms with Gasteiger partial charge in [0.15, 0.2) is 0 Å². The normalized spacial score (nSPS) is 15.0. The van der Waals surface area contributed by atoms with Crippen LogP contribution in [-0.4, -0.2) is 44.1 Å². The van der Waals surface area contributed by atoms with Gasteiger partial charge in [-0.3, -0.25) is 4.79 Å². The second kappa shape index (κ2) is 8.08. The maximum Gasteiger partial charge on any atom is 0.254 e. The maximum atomic E-state index is 12.9. The van der Waals surface area contributed by atoms with Crippen molar-refractivity contribution < 1.29 is 9.53 Å². The largest absolute Gasteiger partial charge is 0.497 e. The molecular formula is C20H23IN2O2. The van der Waals surface area contributed by atoms with Crippen LogP contribution in [0.5, 0.6) is 5.75 Å². The van der Waals surface area contributed by atoms with Crippen LogP contribution in [0.25, 0.3) is 0 Å². The molecule has 1 aliphatic rings. The van der Waals surface area contributed by atoms with Gasteiger partial charge in [0.1, 0.15) is 5.75 Å². The molecule has 0 bridgehead atoms. The van der Waals surface area contributed by atoms with Gasteiger partial charge >= 0.3 is 0 Å². The zero-order chi connectivity index (χ0) is 17.8.